The van der Waals surface area contributed by atoms with E-state index in [-0.39, 0.29) is 17.6 Å². The standard InChI is InChI=1S/C28H26FN5O3/c1-4-22(35)34-15-12-28(34,2)11-8-17-16-30-13-9-18(17)24-25(23-20(32-24)10-14-31-27(23)36)33-21-7-5-6-19(29)26(21)37-3/h4-7,9,13,16,32-33H,1,10,12,14-15H2,2-3H3,(H,31,36)/t28-/m0/s1. The lowest BCUT2D eigenvalue weighted by Gasteiger charge is -2.46. The molecule has 9 heteroatoms. The van der Waals surface area contributed by atoms with Crippen molar-refractivity contribution in [2.75, 3.05) is 25.5 Å². The molecule has 1 fully saturated rings. The number of halogens is 1. The summed E-state index contributed by atoms with van der Waals surface area (Å²) in [7, 11) is 1.39. The Balaban J connectivity index is 1.62. The lowest BCUT2D eigenvalue weighted by Crippen LogP contribution is -2.59. The molecule has 2 amide bonds. The highest BCUT2D eigenvalue weighted by molar-refractivity contribution is 6.06. The van der Waals surface area contributed by atoms with E-state index in [0.29, 0.717) is 53.3 Å². The molecule has 1 aromatic carbocycles. The number of carbonyl (C=O) groups excluding carboxylic acids is 2. The van der Waals surface area contributed by atoms with Crippen LogP contribution in [0.15, 0.2) is 49.3 Å². The Labute approximate surface area is 213 Å². The highest BCUT2D eigenvalue weighted by atomic mass is 19.1. The Hall–Kier alpha value is -4.58. The number of fused-ring (bicyclic) bond motifs is 1. The Morgan fingerprint density at radius 2 is 2.22 bits per heavy atom. The fourth-order valence-electron chi connectivity index (χ4n) is 4.72. The number of hydrogen-bond donors (Lipinski definition) is 3. The molecule has 3 aromatic rings. The number of ether oxygens (including phenoxy) is 1. The molecule has 0 spiro atoms. The first-order valence-electron chi connectivity index (χ1n) is 11.9. The van der Waals surface area contributed by atoms with Crippen molar-refractivity contribution in [3.05, 3.63) is 72.0 Å². The van der Waals surface area contributed by atoms with Crippen molar-refractivity contribution < 1.29 is 18.7 Å². The van der Waals surface area contributed by atoms with E-state index in [9.17, 15) is 14.0 Å². The lowest BCUT2D eigenvalue weighted by atomic mass is 9.86. The van der Waals surface area contributed by atoms with Crippen LogP contribution in [0.2, 0.25) is 0 Å². The van der Waals surface area contributed by atoms with E-state index in [1.165, 1.54) is 19.3 Å². The summed E-state index contributed by atoms with van der Waals surface area (Å²) in [4.78, 5) is 34.4. The van der Waals surface area contributed by atoms with Gasteiger partial charge in [-0.05, 0) is 37.6 Å². The van der Waals surface area contributed by atoms with E-state index in [2.05, 4.69) is 39.0 Å². The number of hydrogen-bond acceptors (Lipinski definition) is 5. The molecule has 37 heavy (non-hydrogen) atoms. The number of anilines is 2. The van der Waals surface area contributed by atoms with Crippen molar-refractivity contribution in [1.29, 1.82) is 0 Å². The maximum Gasteiger partial charge on any atom is 0.255 e. The minimum absolute atomic E-state index is 0.0410. The SMILES string of the molecule is C=CC(=O)N1CC[C@]1(C)C#Cc1cnccc1-c1[nH]c2c(c1Nc1cccc(F)c1OC)C(=O)NCC2. The normalized spacial score (nSPS) is 18.0. The van der Waals surface area contributed by atoms with Crippen LogP contribution in [0.4, 0.5) is 15.8 Å². The van der Waals surface area contributed by atoms with Gasteiger partial charge in [0, 0.05) is 43.2 Å². The average Bonchev–Trinajstić information content (AvgIpc) is 3.26. The molecule has 0 radical (unpaired) electrons. The summed E-state index contributed by atoms with van der Waals surface area (Å²) in [6.45, 7) is 6.62. The molecule has 0 bridgehead atoms. The van der Waals surface area contributed by atoms with Gasteiger partial charge in [-0.15, -0.1) is 0 Å². The first kappa shape index (κ1) is 24.1. The van der Waals surface area contributed by atoms with Crippen LogP contribution in [0.1, 0.15) is 35.0 Å². The fourth-order valence-corrected chi connectivity index (χ4v) is 4.72. The Morgan fingerprint density at radius 1 is 1.38 bits per heavy atom. The zero-order chi connectivity index (χ0) is 26.2. The van der Waals surface area contributed by atoms with E-state index >= 15 is 0 Å². The monoisotopic (exact) mass is 499 g/mol. The minimum Gasteiger partial charge on any atom is -0.492 e. The molecule has 2 aromatic heterocycles. The second-order valence-electron chi connectivity index (χ2n) is 9.07. The number of H-pyrrole nitrogens is 1. The van der Waals surface area contributed by atoms with Gasteiger partial charge in [-0.1, -0.05) is 24.5 Å². The summed E-state index contributed by atoms with van der Waals surface area (Å²) in [5, 5.41) is 6.11. The summed E-state index contributed by atoms with van der Waals surface area (Å²) >= 11 is 0. The maximum atomic E-state index is 14.4. The smallest absolute Gasteiger partial charge is 0.255 e. The third kappa shape index (κ3) is 4.20. The quantitative estimate of drug-likeness (QED) is 0.367. The largest absolute Gasteiger partial charge is 0.492 e. The molecule has 1 atom stereocenters. The predicted octanol–water partition coefficient (Wildman–Crippen LogP) is 3.78. The molecule has 0 aliphatic carbocycles. The van der Waals surface area contributed by atoms with E-state index in [4.69, 9.17) is 4.74 Å². The van der Waals surface area contributed by atoms with Crippen molar-refractivity contribution in [1.82, 2.24) is 20.2 Å². The molecule has 4 heterocycles. The number of benzene rings is 1. The van der Waals surface area contributed by atoms with Crippen molar-refractivity contribution in [2.45, 2.75) is 25.3 Å². The average molecular weight is 500 g/mol. The van der Waals surface area contributed by atoms with Gasteiger partial charge in [-0.25, -0.2) is 4.39 Å². The van der Waals surface area contributed by atoms with Crippen molar-refractivity contribution in [2.24, 2.45) is 0 Å². The summed E-state index contributed by atoms with van der Waals surface area (Å²) in [5.74, 6) is 5.57. The third-order valence-electron chi connectivity index (χ3n) is 6.81. The molecular formula is C28H26FN5O3. The molecule has 0 unspecified atom stereocenters. The Morgan fingerprint density at radius 3 is 2.95 bits per heavy atom. The van der Waals surface area contributed by atoms with Gasteiger partial charge in [0.05, 0.1) is 35.3 Å². The predicted molar refractivity (Wildman–Crippen MR) is 138 cm³/mol. The number of nitrogens with one attached hydrogen (secondary N) is 3. The number of pyridine rings is 1. The van der Waals surface area contributed by atoms with E-state index in [0.717, 1.165) is 12.1 Å². The molecule has 5 rings (SSSR count). The summed E-state index contributed by atoms with van der Waals surface area (Å²) in [6.07, 6.45) is 5.95. The topological polar surface area (TPSA) is 99.3 Å². The molecule has 3 N–H and O–H groups in total. The number of amides is 2. The molecular weight excluding hydrogens is 473 g/mol. The number of rotatable bonds is 5. The number of aromatic amines is 1. The first-order chi connectivity index (χ1) is 17.9. The van der Waals surface area contributed by atoms with Gasteiger partial charge in [-0.3, -0.25) is 14.6 Å². The van der Waals surface area contributed by atoms with Gasteiger partial charge >= 0.3 is 0 Å². The van der Waals surface area contributed by atoms with E-state index < -0.39 is 11.4 Å². The Bertz CT molecular complexity index is 1480. The maximum absolute atomic E-state index is 14.4. The third-order valence-corrected chi connectivity index (χ3v) is 6.81. The first-order valence-corrected chi connectivity index (χ1v) is 11.9. The molecule has 0 saturated carbocycles. The lowest BCUT2D eigenvalue weighted by molar-refractivity contribution is -0.136. The number of aromatic nitrogens is 2. The highest BCUT2D eigenvalue weighted by Crippen LogP contribution is 2.40. The number of likely N-dealkylation sites (tertiary alicyclic amines) is 1. The van der Waals surface area contributed by atoms with E-state index in [1.807, 2.05) is 13.0 Å². The number of para-hydroxylation sites is 1. The zero-order valence-electron chi connectivity index (χ0n) is 20.6. The highest BCUT2D eigenvalue weighted by Gasteiger charge is 2.41. The second kappa shape index (κ2) is 9.47. The molecule has 1 saturated heterocycles. The van der Waals surface area contributed by atoms with Crippen LogP contribution >= 0.6 is 0 Å². The van der Waals surface area contributed by atoms with Crippen LogP contribution in [0, 0.1) is 17.7 Å². The van der Waals surface area contributed by atoms with E-state index in [1.54, 1.807) is 29.4 Å². The molecule has 2 aliphatic rings. The van der Waals surface area contributed by atoms with Gasteiger partial charge < -0.3 is 25.3 Å². The van der Waals surface area contributed by atoms with Gasteiger partial charge in [0.25, 0.3) is 5.91 Å². The zero-order valence-corrected chi connectivity index (χ0v) is 20.6. The van der Waals surface area contributed by atoms with Crippen molar-refractivity contribution in [3.63, 3.8) is 0 Å². The van der Waals surface area contributed by atoms with Gasteiger partial charge in [0.2, 0.25) is 5.91 Å². The van der Waals surface area contributed by atoms with Gasteiger partial charge in [0.15, 0.2) is 11.6 Å². The minimum atomic E-state index is -0.608. The van der Waals surface area contributed by atoms with Crippen molar-refractivity contribution >= 4 is 23.2 Å². The molecule has 8 nitrogen and oxygen atoms in total. The summed E-state index contributed by atoms with van der Waals surface area (Å²) in [5.41, 5.74) is 3.44. The summed E-state index contributed by atoms with van der Waals surface area (Å²) in [6, 6.07) is 6.37. The summed E-state index contributed by atoms with van der Waals surface area (Å²) < 4.78 is 19.7. The number of methoxy groups -OCH3 is 1. The van der Waals surface area contributed by atoms with Crippen molar-refractivity contribution in [3.8, 4) is 28.8 Å². The van der Waals surface area contributed by atoms with Crippen LogP contribution in [0.25, 0.3) is 11.3 Å². The Kier molecular flexibility index (Phi) is 6.17. The number of nitrogens with zero attached hydrogens (tertiary/aromatic N) is 2. The second-order valence-corrected chi connectivity index (χ2v) is 9.07. The number of carbonyl (C=O) groups is 2. The van der Waals surface area contributed by atoms with Crippen LogP contribution < -0.4 is 15.4 Å². The van der Waals surface area contributed by atoms with Crippen LogP contribution in [-0.4, -0.2) is 52.4 Å². The van der Waals surface area contributed by atoms with Crippen LogP contribution in [-0.2, 0) is 11.2 Å². The fraction of sp³-hybridized carbons (Fsp3) is 0.250. The van der Waals surface area contributed by atoms with Gasteiger partial charge in [-0.2, -0.15) is 0 Å². The van der Waals surface area contributed by atoms with Crippen LogP contribution in [0.5, 0.6) is 5.75 Å². The van der Waals surface area contributed by atoms with Crippen LogP contribution in [0.3, 0.4) is 0 Å². The molecule has 2 aliphatic heterocycles. The molecule has 188 valence electrons. The van der Waals surface area contributed by atoms with Gasteiger partial charge in [0.1, 0.15) is 5.54 Å².